The number of esters is 1. The molecule has 35 heavy (non-hydrogen) atoms. The Morgan fingerprint density at radius 1 is 1.37 bits per heavy atom. The predicted octanol–water partition coefficient (Wildman–Crippen LogP) is 3.96. The summed E-state index contributed by atoms with van der Waals surface area (Å²) in [5.41, 5.74) is -0.212. The maximum atomic E-state index is 14.7. The molecule has 0 unspecified atom stereocenters. The van der Waals surface area contributed by atoms with Crippen LogP contribution < -0.4 is 5.46 Å². The van der Waals surface area contributed by atoms with Gasteiger partial charge in [0.1, 0.15) is 18.8 Å². The molecule has 0 bridgehead atoms. The second kappa shape index (κ2) is 11.8. The lowest BCUT2D eigenvalue weighted by molar-refractivity contribution is -0.0929. The van der Waals surface area contributed by atoms with Crippen LogP contribution in [0.4, 0.5) is 13.6 Å². The molecule has 10 heteroatoms. The minimum absolute atomic E-state index is 0.165. The van der Waals surface area contributed by atoms with Gasteiger partial charge in [0, 0.05) is 23.4 Å². The van der Waals surface area contributed by atoms with Crippen molar-refractivity contribution >= 4 is 36.7 Å². The molecular weight excluding hydrogens is 475 g/mol. The Kier molecular flexibility index (Phi) is 9.07. The Balaban J connectivity index is 1.60. The minimum Gasteiger partial charge on any atom is -0.459 e. The summed E-state index contributed by atoms with van der Waals surface area (Å²) in [6, 6.07) is 8.30. The van der Waals surface area contributed by atoms with Crippen molar-refractivity contribution < 1.29 is 33.0 Å². The largest absolute Gasteiger partial charge is 0.459 e. The summed E-state index contributed by atoms with van der Waals surface area (Å²) < 4.78 is 39.7. The molecule has 1 fully saturated rings. The van der Waals surface area contributed by atoms with E-state index in [0.717, 1.165) is 17.0 Å². The van der Waals surface area contributed by atoms with Crippen LogP contribution in [0.1, 0.15) is 46.8 Å². The normalized spacial score (nSPS) is 17.6. The van der Waals surface area contributed by atoms with Crippen LogP contribution in [0, 0.1) is 0 Å². The van der Waals surface area contributed by atoms with Gasteiger partial charge in [-0.25, -0.2) is 9.59 Å². The molecule has 1 aromatic carbocycles. The predicted molar refractivity (Wildman–Crippen MR) is 131 cm³/mol. The van der Waals surface area contributed by atoms with Crippen molar-refractivity contribution in [3.8, 4) is 0 Å². The number of hydrogen-bond acceptors (Lipinski definition) is 6. The van der Waals surface area contributed by atoms with Crippen molar-refractivity contribution in [3.05, 3.63) is 63.9 Å². The van der Waals surface area contributed by atoms with Crippen molar-refractivity contribution in [2.75, 3.05) is 13.2 Å². The van der Waals surface area contributed by atoms with E-state index in [1.807, 2.05) is 6.07 Å². The lowest BCUT2D eigenvalue weighted by atomic mass is 9.91. The molecule has 1 N–H and O–H groups in total. The first-order valence-electron chi connectivity index (χ1n) is 11.4. The van der Waals surface area contributed by atoms with E-state index in [9.17, 15) is 23.5 Å². The third-order valence-corrected chi connectivity index (χ3v) is 6.59. The van der Waals surface area contributed by atoms with Crippen LogP contribution in [-0.2, 0) is 21.8 Å². The number of aliphatic hydroxyl groups is 1. The van der Waals surface area contributed by atoms with E-state index in [0.29, 0.717) is 30.7 Å². The second-order valence-electron chi connectivity index (χ2n) is 8.57. The van der Waals surface area contributed by atoms with Gasteiger partial charge in [0.15, 0.2) is 0 Å². The molecule has 1 amide bonds. The Labute approximate surface area is 208 Å². The number of carbonyl (C=O) groups is 2. The zero-order valence-electron chi connectivity index (χ0n) is 19.7. The van der Waals surface area contributed by atoms with Crippen molar-refractivity contribution in [2.45, 2.75) is 57.3 Å². The third-order valence-electron chi connectivity index (χ3n) is 5.46. The Bertz CT molecular complexity index is 1060. The van der Waals surface area contributed by atoms with Crippen LogP contribution in [0.15, 0.2) is 48.6 Å². The lowest BCUT2D eigenvalue weighted by Gasteiger charge is -2.33. The Morgan fingerprint density at radius 3 is 2.86 bits per heavy atom. The van der Waals surface area contributed by atoms with Crippen LogP contribution in [0.25, 0.3) is 0 Å². The quantitative estimate of drug-likeness (QED) is 0.302. The summed E-state index contributed by atoms with van der Waals surface area (Å²) in [6.45, 7) is 4.07. The average Bonchev–Trinajstić information content (AvgIpc) is 3.27. The molecular formula is C25H28BF2NO5S. The van der Waals surface area contributed by atoms with Crippen molar-refractivity contribution in [1.29, 1.82) is 0 Å². The van der Waals surface area contributed by atoms with Gasteiger partial charge in [-0.05, 0) is 38.8 Å². The van der Waals surface area contributed by atoms with E-state index >= 15 is 0 Å². The van der Waals surface area contributed by atoms with Crippen LogP contribution in [0.5, 0.6) is 0 Å². The molecule has 1 saturated heterocycles. The van der Waals surface area contributed by atoms with Crippen molar-refractivity contribution in [3.63, 3.8) is 0 Å². The molecule has 0 aliphatic carbocycles. The van der Waals surface area contributed by atoms with E-state index in [4.69, 9.17) is 17.3 Å². The standard InChI is InChI=1S/C25H28BF2NO5S/c1-16(2)34-23(31)21-10-9-20(35-21)7-4-13-29-19(12-14-33-24(29)32)8-11-22(30)25(27,28)17-5-3-6-18(26)15-17/h3,5-6,8-11,15-16,19,22,30H,4,7,12-14H2,1-2H3/b11-8+/t19-,22+/m0/s1. The fourth-order valence-corrected chi connectivity index (χ4v) is 4.62. The molecule has 3 rings (SSSR count). The number of alkyl halides is 2. The first-order chi connectivity index (χ1) is 16.6. The van der Waals surface area contributed by atoms with E-state index in [1.165, 1.54) is 40.5 Å². The molecule has 1 aliphatic rings. The summed E-state index contributed by atoms with van der Waals surface area (Å²) in [6.07, 6.45) is 1.25. The van der Waals surface area contributed by atoms with Crippen molar-refractivity contribution in [2.24, 2.45) is 0 Å². The number of carbonyl (C=O) groups excluding carboxylic acids is 2. The molecule has 0 spiro atoms. The van der Waals surface area contributed by atoms with Gasteiger partial charge < -0.3 is 19.5 Å². The number of hydrogen-bond donors (Lipinski definition) is 1. The zero-order chi connectivity index (χ0) is 25.6. The summed E-state index contributed by atoms with van der Waals surface area (Å²) in [5.74, 6) is -3.91. The fourth-order valence-electron chi connectivity index (χ4n) is 3.69. The molecule has 2 aromatic rings. The number of rotatable bonds is 10. The summed E-state index contributed by atoms with van der Waals surface area (Å²) in [5, 5.41) is 10.2. The van der Waals surface area contributed by atoms with Crippen molar-refractivity contribution in [1.82, 2.24) is 4.90 Å². The highest BCUT2D eigenvalue weighted by molar-refractivity contribution is 7.13. The first-order valence-corrected chi connectivity index (χ1v) is 12.2. The molecule has 6 nitrogen and oxygen atoms in total. The maximum absolute atomic E-state index is 14.7. The van der Waals surface area contributed by atoms with Gasteiger partial charge in [0.05, 0.1) is 18.8 Å². The molecule has 0 saturated carbocycles. The van der Waals surface area contributed by atoms with E-state index in [1.54, 1.807) is 19.9 Å². The van der Waals surface area contributed by atoms with Gasteiger partial charge in [-0.15, -0.1) is 11.3 Å². The molecule has 1 aliphatic heterocycles. The first kappa shape index (κ1) is 26.9. The summed E-state index contributed by atoms with van der Waals surface area (Å²) in [4.78, 5) is 27.3. The number of ether oxygens (including phenoxy) is 2. The Morgan fingerprint density at radius 2 is 2.14 bits per heavy atom. The van der Waals surface area contributed by atoms with Gasteiger partial charge in [0.2, 0.25) is 0 Å². The number of thiophene rings is 1. The number of aryl methyl sites for hydroxylation is 1. The monoisotopic (exact) mass is 503 g/mol. The van der Waals surface area contributed by atoms with Gasteiger partial charge in [-0.2, -0.15) is 8.78 Å². The molecule has 1 aromatic heterocycles. The van der Waals surface area contributed by atoms with Crippen LogP contribution in [0.2, 0.25) is 0 Å². The molecule has 2 atom stereocenters. The number of nitrogens with zero attached hydrogens (tertiary/aromatic N) is 1. The van der Waals surface area contributed by atoms with Crippen LogP contribution in [-0.4, -0.2) is 61.3 Å². The van der Waals surface area contributed by atoms with Gasteiger partial charge in [-0.1, -0.05) is 41.9 Å². The summed E-state index contributed by atoms with van der Waals surface area (Å²) >= 11 is 1.34. The number of halogens is 2. The van der Waals surface area contributed by atoms with E-state index < -0.39 is 24.2 Å². The SMILES string of the molecule is [B]c1cccc(C(F)(F)[C@H](O)/C=C/[C@H]2CCOC(=O)N2CCCc2ccc(C(=O)OC(C)C)s2)c1. The lowest BCUT2D eigenvalue weighted by Crippen LogP contribution is -2.45. The van der Waals surface area contributed by atoms with Crippen LogP contribution >= 0.6 is 11.3 Å². The topological polar surface area (TPSA) is 76.1 Å². The highest BCUT2D eigenvalue weighted by Crippen LogP contribution is 2.32. The van der Waals surface area contributed by atoms with Gasteiger partial charge >= 0.3 is 18.0 Å². The highest BCUT2D eigenvalue weighted by Gasteiger charge is 2.39. The smallest absolute Gasteiger partial charge is 0.410 e. The molecule has 2 radical (unpaired) electrons. The minimum atomic E-state index is -3.54. The number of cyclic esters (lactones) is 1. The summed E-state index contributed by atoms with van der Waals surface area (Å²) in [7, 11) is 5.59. The second-order valence-corrected chi connectivity index (χ2v) is 9.73. The molecule has 186 valence electrons. The van der Waals surface area contributed by atoms with Gasteiger partial charge in [-0.3, -0.25) is 0 Å². The van der Waals surface area contributed by atoms with Crippen LogP contribution in [0.3, 0.4) is 0 Å². The maximum Gasteiger partial charge on any atom is 0.410 e. The van der Waals surface area contributed by atoms with E-state index in [2.05, 4.69) is 0 Å². The highest BCUT2D eigenvalue weighted by atomic mass is 32.1. The average molecular weight is 503 g/mol. The zero-order valence-corrected chi connectivity index (χ0v) is 20.5. The Hall–Kier alpha value is -2.72. The third kappa shape index (κ3) is 7.14. The van der Waals surface area contributed by atoms with Gasteiger partial charge in [0.25, 0.3) is 0 Å². The number of benzene rings is 1. The number of amides is 1. The number of aliphatic hydroxyl groups excluding tert-OH is 1. The molecule has 2 heterocycles. The van der Waals surface area contributed by atoms with E-state index in [-0.39, 0.29) is 29.7 Å². The fraction of sp³-hybridized carbons (Fsp3) is 0.440.